The summed E-state index contributed by atoms with van der Waals surface area (Å²) in [6.07, 6.45) is 0.959. The van der Waals surface area contributed by atoms with E-state index in [4.69, 9.17) is 0 Å². The molecule has 56 heavy (non-hydrogen) atoms. The number of aliphatic carboxylic acids is 1. The molecule has 4 rings (SSSR count). The van der Waals surface area contributed by atoms with Gasteiger partial charge in [0.15, 0.2) is 0 Å². The van der Waals surface area contributed by atoms with E-state index in [0.29, 0.717) is 43.2 Å². The fourth-order valence-electron chi connectivity index (χ4n) is 8.26. The maximum atomic E-state index is 12.3. The molecule has 1 aliphatic carbocycles. The zero-order valence-corrected chi connectivity index (χ0v) is 33.0. The zero-order valence-electron chi connectivity index (χ0n) is 33.0. The summed E-state index contributed by atoms with van der Waals surface area (Å²) in [6.45, 7) is 5.21. The molecule has 1 heterocycles. The fourth-order valence-corrected chi connectivity index (χ4v) is 8.26. The van der Waals surface area contributed by atoms with E-state index < -0.39 is 72.5 Å². The van der Waals surface area contributed by atoms with Gasteiger partial charge >= 0.3 is 5.97 Å². The summed E-state index contributed by atoms with van der Waals surface area (Å²) in [6, 6.07) is 12.0. The molecule has 0 aromatic heterocycles. The third kappa shape index (κ3) is 12.2. The first-order valence-electron chi connectivity index (χ1n) is 20.2. The second-order valence-electron chi connectivity index (χ2n) is 15.9. The SMILES string of the molecule is CCCC[C@H](O)[C@H](O)/C=C/C1=C(\C[C@H](O)CO)[C@H]2NC[C@@](C)(O)[C@H](c3ccc(O)cc3)C#C[C@H](C[C@@H]2C[C@H](O)[C@H](O)CCC(=O)O)c2c(CC)cccc2CC1. The van der Waals surface area contributed by atoms with Crippen LogP contribution in [0.2, 0.25) is 0 Å². The number of aryl methyl sites for hydroxylation is 2. The predicted octanol–water partition coefficient (Wildman–Crippen LogP) is 3.99. The standard InChI is InChI=1S/C45H63NO10/c1-4-6-10-38(50)39(51)20-16-29-11-12-31-9-7-8-28(5-2)43(31)32-15-19-37(30-13-17-34(48)18-14-30)45(3,56)27-46-44(36(29)25-35(49)26-47)33(23-32)24-41(53)40(52)21-22-42(54)55/h7-9,13-14,16-18,20,32-33,35,37-41,44,46-53,56H,4-6,10-12,21-27H2,1-3H3,(H,54,55)/b20-16+,36-29+/t32-,33-,35+,37+,38+,39-,40-,41+,44+,45-/m1/s1. The highest BCUT2D eigenvalue weighted by Crippen LogP contribution is 2.41. The highest BCUT2D eigenvalue weighted by atomic mass is 16.4. The number of rotatable bonds is 17. The quantitative estimate of drug-likeness (QED) is 0.104. The lowest BCUT2D eigenvalue weighted by Gasteiger charge is -2.40. The molecule has 2 aliphatic rings. The van der Waals surface area contributed by atoms with E-state index in [1.807, 2.05) is 13.0 Å². The number of aromatic hydroxyl groups is 1. The highest BCUT2D eigenvalue weighted by Gasteiger charge is 2.39. The van der Waals surface area contributed by atoms with Crippen molar-refractivity contribution in [2.24, 2.45) is 5.92 Å². The summed E-state index contributed by atoms with van der Waals surface area (Å²) in [4.78, 5) is 11.4. The molecule has 11 heteroatoms. The fraction of sp³-hybridized carbons (Fsp3) is 0.578. The van der Waals surface area contributed by atoms with E-state index in [2.05, 4.69) is 36.2 Å². The topological polar surface area (TPSA) is 211 Å². The van der Waals surface area contributed by atoms with Crippen LogP contribution in [-0.2, 0) is 17.6 Å². The van der Waals surface area contributed by atoms with Crippen LogP contribution in [0.4, 0.5) is 0 Å². The molecule has 0 radical (unpaired) electrons. The minimum atomic E-state index is -1.50. The number of hydrogen-bond donors (Lipinski definition) is 10. The molecule has 2 bridgehead atoms. The number of carbonyl (C=O) groups is 1. The van der Waals surface area contributed by atoms with Gasteiger partial charge in [-0.3, -0.25) is 4.79 Å². The Balaban J connectivity index is 2.02. The van der Waals surface area contributed by atoms with Gasteiger partial charge in [0.05, 0.1) is 48.6 Å². The Bertz CT molecular complexity index is 1690. The Labute approximate surface area is 331 Å². The Morgan fingerprint density at radius 2 is 1.71 bits per heavy atom. The molecule has 1 aliphatic heterocycles. The molecular weight excluding hydrogens is 714 g/mol. The van der Waals surface area contributed by atoms with Gasteiger partial charge in [-0.2, -0.15) is 0 Å². The van der Waals surface area contributed by atoms with Gasteiger partial charge in [0.2, 0.25) is 0 Å². The van der Waals surface area contributed by atoms with Crippen molar-refractivity contribution in [2.45, 2.75) is 145 Å². The van der Waals surface area contributed by atoms with Crippen LogP contribution < -0.4 is 5.32 Å². The second kappa shape index (κ2) is 21.3. The van der Waals surface area contributed by atoms with Gasteiger partial charge in [0.25, 0.3) is 0 Å². The Morgan fingerprint density at radius 1 is 0.982 bits per heavy atom. The summed E-state index contributed by atoms with van der Waals surface area (Å²) >= 11 is 0. The number of allylic oxidation sites excluding steroid dienone is 2. The van der Waals surface area contributed by atoms with Gasteiger partial charge in [-0.15, -0.1) is 0 Å². The molecule has 0 fully saturated rings. The third-order valence-corrected chi connectivity index (χ3v) is 11.5. The van der Waals surface area contributed by atoms with Crippen molar-refractivity contribution in [3.05, 3.63) is 88.0 Å². The number of aliphatic hydroxyl groups is 7. The summed E-state index contributed by atoms with van der Waals surface area (Å²) < 4.78 is 0. The number of phenols is 1. The van der Waals surface area contributed by atoms with Crippen LogP contribution in [0.3, 0.4) is 0 Å². The van der Waals surface area contributed by atoms with Crippen molar-refractivity contribution < 1.29 is 50.8 Å². The summed E-state index contributed by atoms with van der Waals surface area (Å²) in [5.41, 5.74) is 3.78. The molecule has 308 valence electrons. The van der Waals surface area contributed by atoms with Crippen LogP contribution in [0.25, 0.3) is 0 Å². The first kappa shape index (κ1) is 45.1. The maximum absolute atomic E-state index is 12.3. The number of hydrogen-bond acceptors (Lipinski definition) is 10. The van der Waals surface area contributed by atoms with E-state index in [9.17, 15) is 50.8 Å². The lowest BCUT2D eigenvalue weighted by atomic mass is 9.72. The molecule has 0 amide bonds. The number of benzene rings is 2. The number of aliphatic hydroxyl groups excluding tert-OH is 6. The van der Waals surface area contributed by atoms with Crippen molar-refractivity contribution in [2.75, 3.05) is 13.2 Å². The second-order valence-corrected chi connectivity index (χ2v) is 15.9. The molecule has 0 saturated heterocycles. The highest BCUT2D eigenvalue weighted by molar-refractivity contribution is 5.66. The van der Waals surface area contributed by atoms with Crippen LogP contribution in [0.15, 0.2) is 65.8 Å². The van der Waals surface area contributed by atoms with Gasteiger partial charge in [0, 0.05) is 24.9 Å². The van der Waals surface area contributed by atoms with Crippen molar-refractivity contribution >= 4 is 5.97 Å². The molecule has 11 nitrogen and oxygen atoms in total. The normalized spacial score (nSPS) is 27.0. The number of fused-ring (bicyclic) bond motifs is 5. The lowest BCUT2D eigenvalue weighted by Crippen LogP contribution is -2.51. The molecular formula is C45H63NO10. The minimum absolute atomic E-state index is 0.00176. The van der Waals surface area contributed by atoms with Crippen molar-refractivity contribution in [1.82, 2.24) is 5.32 Å². The zero-order chi connectivity index (χ0) is 41.0. The molecule has 0 spiro atoms. The van der Waals surface area contributed by atoms with Crippen LogP contribution >= 0.6 is 0 Å². The Kier molecular flexibility index (Phi) is 17.1. The molecule has 0 unspecified atom stereocenters. The Hall–Kier alpha value is -3.57. The molecule has 2 aromatic carbocycles. The first-order valence-corrected chi connectivity index (χ1v) is 20.2. The number of carboxylic acids is 1. The average Bonchev–Trinajstić information content (AvgIpc) is 3.17. The molecule has 10 N–H and O–H groups in total. The minimum Gasteiger partial charge on any atom is -0.508 e. The van der Waals surface area contributed by atoms with Crippen LogP contribution in [0.1, 0.15) is 113 Å². The number of unbranched alkanes of at least 4 members (excludes halogenated alkanes) is 1. The summed E-state index contributed by atoms with van der Waals surface area (Å²) in [5.74, 6) is 4.34. The average molecular weight is 778 g/mol. The van der Waals surface area contributed by atoms with E-state index in [0.717, 1.165) is 35.1 Å². The van der Waals surface area contributed by atoms with Gasteiger partial charge in [0.1, 0.15) is 5.75 Å². The van der Waals surface area contributed by atoms with E-state index in [1.165, 1.54) is 0 Å². The van der Waals surface area contributed by atoms with Crippen molar-refractivity contribution in [1.29, 1.82) is 0 Å². The largest absolute Gasteiger partial charge is 0.508 e. The van der Waals surface area contributed by atoms with Crippen molar-refractivity contribution in [3.8, 4) is 17.6 Å². The summed E-state index contributed by atoms with van der Waals surface area (Å²) in [7, 11) is 0. The lowest BCUT2D eigenvalue weighted by molar-refractivity contribution is -0.138. The van der Waals surface area contributed by atoms with Gasteiger partial charge < -0.3 is 51.3 Å². The van der Waals surface area contributed by atoms with E-state index in [-0.39, 0.29) is 38.0 Å². The third-order valence-electron chi connectivity index (χ3n) is 11.5. The first-order chi connectivity index (χ1) is 26.7. The van der Waals surface area contributed by atoms with Gasteiger partial charge in [-0.25, -0.2) is 0 Å². The number of carboxylic acid groups (broad SMARTS) is 1. The molecule has 0 saturated carbocycles. The molecule has 10 atom stereocenters. The number of nitrogens with one attached hydrogen (secondary N) is 1. The Morgan fingerprint density at radius 3 is 2.38 bits per heavy atom. The van der Waals surface area contributed by atoms with Crippen LogP contribution in [0.5, 0.6) is 5.75 Å². The van der Waals surface area contributed by atoms with E-state index in [1.54, 1.807) is 43.3 Å². The molecule has 2 aromatic rings. The monoisotopic (exact) mass is 777 g/mol. The predicted molar refractivity (Wildman–Crippen MR) is 215 cm³/mol. The van der Waals surface area contributed by atoms with E-state index >= 15 is 0 Å². The maximum Gasteiger partial charge on any atom is 0.303 e. The van der Waals surface area contributed by atoms with Crippen molar-refractivity contribution in [3.63, 3.8) is 0 Å². The van der Waals surface area contributed by atoms with Gasteiger partial charge in [-0.1, -0.05) is 81.0 Å². The smallest absolute Gasteiger partial charge is 0.303 e. The van der Waals surface area contributed by atoms with Gasteiger partial charge in [-0.05, 0) is 110 Å². The van der Waals surface area contributed by atoms with Crippen LogP contribution in [-0.4, -0.2) is 107 Å². The number of β-amino-alcohol motifs (C(OH)–C–C–N with tert-alkyl or cyclic N) is 1. The van der Waals surface area contributed by atoms with Crippen LogP contribution in [0, 0.1) is 17.8 Å². The summed E-state index contributed by atoms with van der Waals surface area (Å²) in [5, 5.41) is 101. The number of phenolic OH excluding ortho intramolecular Hbond substituents is 1.